The Hall–Kier alpha value is -6.89. The first-order chi connectivity index (χ1) is 49.9. The summed E-state index contributed by atoms with van der Waals surface area (Å²) < 4.78 is 58.5. The topological polar surface area (TPSA) is 276 Å². The molecule has 0 aliphatic rings. The molecule has 1 aromatic heterocycles. The molecule has 1 rings (SSSR count). The van der Waals surface area contributed by atoms with E-state index >= 15 is 0 Å². The van der Waals surface area contributed by atoms with Crippen LogP contribution in [-0.2, 0) is 69.6 Å². The number of rotatable bonds is 20. The molecule has 1 heterocycles. The van der Waals surface area contributed by atoms with Crippen LogP contribution in [0.3, 0.4) is 0 Å². The van der Waals surface area contributed by atoms with E-state index in [1.165, 1.54) is 13.0 Å². The van der Waals surface area contributed by atoms with Gasteiger partial charge in [0.1, 0.15) is 35.6 Å². The molecule has 0 aromatic carbocycles. The normalized spacial score (nSPS) is 10.9. The van der Waals surface area contributed by atoms with Crippen LogP contribution in [0.2, 0.25) is 0 Å². The van der Waals surface area contributed by atoms with E-state index in [2.05, 4.69) is 121 Å². The van der Waals surface area contributed by atoms with E-state index in [0.29, 0.717) is 30.1 Å². The SMILES string of the molecule is C#CC(=O)CC(C)(C)C.C#CC(C)(C)C.C=CC(=O)CC(C)(C)C.C=CC(C)(C)C.C=CS(=O)(=O)C(C)C.C=CS(=O)(=O)NC(C)(C)C.C=Cc1nccn1CC(C)(C)C.CC(=O)CC(=O)C(C)(C)C.CC(C)=CC(=O)C(C)(C)C.CC(C)=CC(=O)CC(C)(C)C.CC(C)C(=O)CC#N.CC(C)C(=O)CCl.CC(C)C(=O)CF. The molecule has 17 nitrogen and oxygen atoms in total. The number of allylic oxidation sites excluding steroid dienone is 6. The van der Waals surface area contributed by atoms with Gasteiger partial charge in [0.05, 0.1) is 30.0 Å². The molecule has 1 aromatic rings. The average Bonchev–Trinajstić information content (AvgIpc) is 1.65. The third kappa shape index (κ3) is 121. The van der Waals surface area contributed by atoms with Crippen molar-refractivity contribution in [2.24, 2.45) is 61.1 Å². The van der Waals surface area contributed by atoms with Crippen LogP contribution in [0.4, 0.5) is 4.39 Å². The summed E-state index contributed by atoms with van der Waals surface area (Å²) in [5.41, 5.74) is 2.05. The predicted octanol–water partition coefficient (Wildman–Crippen LogP) is 22.9. The lowest BCUT2D eigenvalue weighted by Crippen LogP contribution is -2.39. The number of sulfone groups is 1. The molecule has 0 fully saturated rings. The van der Waals surface area contributed by atoms with E-state index in [-0.39, 0.29) is 126 Å². The Bertz CT molecular complexity index is 3390. The molecule has 0 radical (unpaired) electrons. The number of hydrogen-bond donors (Lipinski definition) is 1. The summed E-state index contributed by atoms with van der Waals surface area (Å²) in [6.45, 7) is 94.1. The lowest BCUT2D eigenvalue weighted by Gasteiger charge is -2.19. The molecule has 0 bridgehead atoms. The maximum absolute atomic E-state index is 11.3. The molecular weight excluding hydrogens is 1490 g/mol. The molecule has 0 aliphatic carbocycles. The van der Waals surface area contributed by atoms with Gasteiger partial charge in [0.25, 0.3) is 0 Å². The summed E-state index contributed by atoms with van der Waals surface area (Å²) in [5.74, 6) is 5.97. The number of nitriles is 1. The maximum atomic E-state index is 11.3. The number of aromatic nitrogens is 2. The minimum atomic E-state index is -3.26. The van der Waals surface area contributed by atoms with Crippen molar-refractivity contribution in [3.05, 3.63) is 97.4 Å². The first kappa shape index (κ1) is 132. The van der Waals surface area contributed by atoms with Crippen LogP contribution in [-0.4, -0.2) is 102 Å². The van der Waals surface area contributed by atoms with Gasteiger partial charge in [-0.15, -0.1) is 36.9 Å². The van der Waals surface area contributed by atoms with Crippen LogP contribution in [0.1, 0.15) is 315 Å². The van der Waals surface area contributed by atoms with Crippen LogP contribution < -0.4 is 4.72 Å². The predicted molar refractivity (Wildman–Crippen MR) is 482 cm³/mol. The van der Waals surface area contributed by atoms with Crippen molar-refractivity contribution in [2.75, 3.05) is 12.6 Å². The number of sulfonamides is 1. The summed E-state index contributed by atoms with van der Waals surface area (Å²) in [6.07, 6.45) is 24.1. The average molecular weight is 1650 g/mol. The molecule has 0 atom stereocenters. The number of terminal acetylenes is 2. The molecule has 0 saturated heterocycles. The molecular formula is C92H162ClFN4O13S2. The van der Waals surface area contributed by atoms with Crippen LogP contribution >= 0.6 is 11.6 Å². The van der Waals surface area contributed by atoms with Crippen molar-refractivity contribution in [2.45, 2.75) is 326 Å². The minimum absolute atomic E-state index is 0.00894. The van der Waals surface area contributed by atoms with Crippen molar-refractivity contribution >= 4 is 89.6 Å². The lowest BCUT2D eigenvalue weighted by atomic mass is 9.88. The molecule has 654 valence electrons. The van der Waals surface area contributed by atoms with Crippen molar-refractivity contribution < 1.29 is 64.4 Å². The summed E-state index contributed by atoms with van der Waals surface area (Å²) >= 11 is 5.20. The van der Waals surface area contributed by atoms with Gasteiger partial charge in [-0.25, -0.2) is 30.9 Å². The number of carbonyl (C=O) groups is 9. The summed E-state index contributed by atoms with van der Waals surface area (Å²) in [6, 6.07) is 1.80. The number of hydrogen-bond acceptors (Lipinski definition) is 15. The largest absolute Gasteiger partial charge is 0.331 e. The quantitative estimate of drug-likeness (QED) is 0.0317. The zero-order valence-corrected chi connectivity index (χ0v) is 81.0. The van der Waals surface area contributed by atoms with Crippen LogP contribution in [0, 0.1) is 97.1 Å². The van der Waals surface area contributed by atoms with Crippen molar-refractivity contribution in [1.29, 1.82) is 5.26 Å². The second kappa shape index (κ2) is 65.3. The number of imidazole rings is 1. The monoisotopic (exact) mass is 1650 g/mol. The maximum Gasteiger partial charge on any atom is 0.233 e. The Labute approximate surface area is 697 Å². The Morgan fingerprint density at radius 2 is 0.947 bits per heavy atom. The second-order valence-electron chi connectivity index (χ2n) is 38.0. The zero-order chi connectivity index (χ0) is 93.9. The summed E-state index contributed by atoms with van der Waals surface area (Å²) in [4.78, 5) is 100. The third-order valence-electron chi connectivity index (χ3n) is 12.0. The highest BCUT2D eigenvalue weighted by Crippen LogP contribution is 2.22. The number of nitrogens with one attached hydrogen (secondary N) is 1. The van der Waals surface area contributed by atoms with Crippen LogP contribution in [0.5, 0.6) is 0 Å². The summed E-state index contributed by atoms with van der Waals surface area (Å²) in [7, 11) is -6.24. The van der Waals surface area contributed by atoms with E-state index < -0.39 is 32.1 Å². The van der Waals surface area contributed by atoms with E-state index in [9.17, 15) is 64.4 Å². The van der Waals surface area contributed by atoms with E-state index in [1.54, 1.807) is 86.6 Å². The molecule has 21 heteroatoms. The van der Waals surface area contributed by atoms with Gasteiger partial charge in [-0.1, -0.05) is 230 Å². The number of Topliss-reactive ketones (excluding diaryl/α,β-unsaturated/α-hetero) is 6. The van der Waals surface area contributed by atoms with E-state index in [0.717, 1.165) is 34.3 Å². The Morgan fingerprint density at radius 1 is 0.575 bits per heavy atom. The fourth-order valence-electron chi connectivity index (χ4n) is 5.40. The fourth-order valence-corrected chi connectivity index (χ4v) is 7.03. The molecule has 0 spiro atoms. The van der Waals surface area contributed by atoms with Crippen LogP contribution in [0.15, 0.2) is 91.6 Å². The minimum Gasteiger partial charge on any atom is -0.331 e. The second-order valence-corrected chi connectivity index (χ2v) is 42.4. The van der Waals surface area contributed by atoms with Crippen molar-refractivity contribution in [3.63, 3.8) is 0 Å². The molecule has 113 heavy (non-hydrogen) atoms. The van der Waals surface area contributed by atoms with E-state index in [1.807, 2.05) is 164 Å². The zero-order valence-electron chi connectivity index (χ0n) is 78.6. The number of nitrogens with zero attached hydrogens (tertiary/aromatic N) is 3. The number of alkyl halides is 2. The Morgan fingerprint density at radius 3 is 1.08 bits per heavy atom. The first-order valence-corrected chi connectivity index (χ1v) is 41.4. The number of halogens is 2. The smallest absolute Gasteiger partial charge is 0.233 e. The highest BCUT2D eigenvalue weighted by atomic mass is 35.5. The van der Waals surface area contributed by atoms with Gasteiger partial charge in [0.15, 0.2) is 33.0 Å². The summed E-state index contributed by atoms with van der Waals surface area (Å²) in [5, 5.41) is 9.57. The van der Waals surface area contributed by atoms with Gasteiger partial charge in [-0.3, -0.25) is 43.2 Å². The lowest BCUT2D eigenvalue weighted by molar-refractivity contribution is -0.131. The Kier molecular flexibility index (Phi) is 76.5. The standard InChI is InChI=1S/C10H16N2.C10H18O.C9H16O.C8H14O2.C8H14O.C8H12O.C6H13NO2S.C6H9NO.C6H12.C6H10.C5H9ClO.C5H9FO.C5H10O2S/c1-5-9-11-6-7-12(9)8-10(2,3)4;1-8(2)6-9(11)7-10(3,4)5;1-7(2)6-8(10)9(3,4)5;1-6(9)5-7(10)8(2,3)4;2*1-5-7(9)6-8(2,3)4;1-5-10(8,9)7-6(2,3)4;1-5(2)6(8)3-4-7;2*1-5-6(2,3)4;2*1-4(2)5(7)3-6;1-4-8(6,7)5(2)3/h5-7H,1,8H2,2-4H3;6H,7H2,1-5H3;6H,1-5H3;5H2,1-4H3;5H,1,6H2,2-4H3;1H,6H2,2-4H3;5,7H,1H2,2-4H3;5H,3H2,1-2H3;5H,1H2,2-4H3;1H,2-4H3;2*4H,3H2,1-2H3;4-5H,1H2,2-3H3. The number of ketones is 9. The molecule has 0 amide bonds. The van der Waals surface area contributed by atoms with Gasteiger partial charge in [0.2, 0.25) is 15.8 Å². The van der Waals surface area contributed by atoms with Gasteiger partial charge >= 0.3 is 0 Å². The number of carbonyl (C=O) groups excluding carboxylic acids is 9. The molecule has 0 aliphatic heterocycles. The van der Waals surface area contributed by atoms with Gasteiger partial charge in [0, 0.05) is 88.6 Å². The molecule has 0 unspecified atom stereocenters. The van der Waals surface area contributed by atoms with Crippen molar-refractivity contribution in [3.8, 4) is 30.8 Å². The highest BCUT2D eigenvalue weighted by molar-refractivity contribution is 7.94. The van der Waals surface area contributed by atoms with E-state index in [4.69, 9.17) is 29.7 Å². The van der Waals surface area contributed by atoms with Gasteiger partial charge in [-0.05, 0) is 147 Å². The molecule has 1 N–H and O–H groups in total. The first-order valence-electron chi connectivity index (χ1n) is 37.8. The van der Waals surface area contributed by atoms with Gasteiger partial charge < -0.3 is 4.57 Å². The highest BCUT2D eigenvalue weighted by Gasteiger charge is 2.23. The Balaban J connectivity index is -0.0000000983. The van der Waals surface area contributed by atoms with Crippen LogP contribution in [0.25, 0.3) is 6.08 Å². The fraction of sp³-hybridized carbons (Fsp3) is 0.663. The molecule has 0 saturated carbocycles. The van der Waals surface area contributed by atoms with Crippen molar-refractivity contribution in [1.82, 2.24) is 14.3 Å². The third-order valence-corrected chi connectivity index (χ3v) is 15.3. The van der Waals surface area contributed by atoms with Gasteiger partial charge in [-0.2, -0.15) is 5.26 Å².